The first-order chi connectivity index (χ1) is 13.1. The van der Waals surface area contributed by atoms with Gasteiger partial charge in [-0.1, -0.05) is 42.5 Å². The van der Waals surface area contributed by atoms with Gasteiger partial charge in [0.05, 0.1) is 17.2 Å². The normalized spacial score (nSPS) is 26.4. The summed E-state index contributed by atoms with van der Waals surface area (Å²) in [6.07, 6.45) is 2.45. The zero-order valence-electron chi connectivity index (χ0n) is 15.0. The summed E-state index contributed by atoms with van der Waals surface area (Å²) in [7, 11) is 0. The first-order valence-corrected chi connectivity index (χ1v) is 9.31. The van der Waals surface area contributed by atoms with Crippen molar-refractivity contribution in [2.45, 2.75) is 50.0 Å². The highest BCUT2D eigenvalue weighted by atomic mass is 16.6. The smallest absolute Gasteiger partial charge is 0.410 e. The van der Waals surface area contributed by atoms with Crippen LogP contribution in [0.2, 0.25) is 0 Å². The van der Waals surface area contributed by atoms with Crippen molar-refractivity contribution < 1.29 is 14.6 Å². The van der Waals surface area contributed by atoms with Gasteiger partial charge in [0, 0.05) is 24.9 Å². The molecule has 0 radical (unpaired) electrons. The lowest BCUT2D eigenvalue weighted by Gasteiger charge is -2.43. The molecule has 2 atom stereocenters. The Hall–Kier alpha value is -2.84. The Labute approximate surface area is 158 Å². The molecule has 2 aromatic carbocycles. The van der Waals surface area contributed by atoms with Gasteiger partial charge in [0.15, 0.2) is 0 Å². The monoisotopic (exact) mass is 362 g/mol. The third-order valence-corrected chi connectivity index (χ3v) is 5.73. The van der Waals surface area contributed by atoms with Crippen LogP contribution in [0.1, 0.15) is 42.4 Å². The average Bonchev–Trinajstić information content (AvgIpc) is 2.99. The number of hydrogen-bond donors (Lipinski definition) is 1. The predicted octanol–water partition coefficient (Wildman–Crippen LogP) is 3.71. The van der Waals surface area contributed by atoms with E-state index in [1.807, 2.05) is 47.4 Å². The number of carbonyl (C=O) groups is 1. The van der Waals surface area contributed by atoms with Gasteiger partial charge in [-0.05, 0) is 36.1 Å². The van der Waals surface area contributed by atoms with Crippen molar-refractivity contribution >= 4 is 6.09 Å². The molecule has 27 heavy (non-hydrogen) atoms. The van der Waals surface area contributed by atoms with Crippen LogP contribution in [-0.4, -0.2) is 28.2 Å². The summed E-state index contributed by atoms with van der Waals surface area (Å²) in [5.74, 6) is 0. The maximum absolute atomic E-state index is 12.6. The number of amides is 1. The minimum Gasteiger partial charge on any atom is -0.445 e. The minimum absolute atomic E-state index is 0.0207. The summed E-state index contributed by atoms with van der Waals surface area (Å²) in [5.41, 5.74) is 1.39. The second kappa shape index (κ2) is 7.05. The second-order valence-electron chi connectivity index (χ2n) is 7.46. The van der Waals surface area contributed by atoms with Gasteiger partial charge in [-0.25, -0.2) is 4.79 Å². The fraction of sp³-hybridized carbons (Fsp3) is 0.364. The average molecular weight is 362 g/mol. The molecule has 1 amide bonds. The molecule has 5 nitrogen and oxygen atoms in total. The van der Waals surface area contributed by atoms with Gasteiger partial charge in [-0.2, -0.15) is 5.26 Å². The molecule has 2 heterocycles. The Morgan fingerprint density at radius 2 is 1.74 bits per heavy atom. The number of ether oxygens (including phenoxy) is 1. The minimum atomic E-state index is -0.962. The molecule has 4 rings (SSSR count). The number of piperidine rings is 1. The maximum Gasteiger partial charge on any atom is 0.410 e. The van der Waals surface area contributed by atoms with Gasteiger partial charge >= 0.3 is 6.09 Å². The van der Waals surface area contributed by atoms with E-state index in [0.29, 0.717) is 18.4 Å². The molecule has 2 saturated heterocycles. The number of hydrogen-bond acceptors (Lipinski definition) is 4. The van der Waals surface area contributed by atoms with Crippen LogP contribution in [0.25, 0.3) is 0 Å². The van der Waals surface area contributed by atoms with Crippen LogP contribution < -0.4 is 0 Å². The quantitative estimate of drug-likeness (QED) is 0.903. The van der Waals surface area contributed by atoms with Crippen LogP contribution in [0.5, 0.6) is 0 Å². The molecule has 0 aromatic heterocycles. The fourth-order valence-electron chi connectivity index (χ4n) is 4.41. The number of nitriles is 1. The molecule has 2 aliphatic heterocycles. The van der Waals surface area contributed by atoms with Crippen molar-refractivity contribution in [3.63, 3.8) is 0 Å². The summed E-state index contributed by atoms with van der Waals surface area (Å²) in [4.78, 5) is 14.5. The van der Waals surface area contributed by atoms with Crippen LogP contribution in [-0.2, 0) is 16.9 Å². The first-order valence-electron chi connectivity index (χ1n) is 9.31. The van der Waals surface area contributed by atoms with E-state index < -0.39 is 5.60 Å². The molecule has 1 N–H and O–H groups in total. The molecular weight excluding hydrogens is 340 g/mol. The highest BCUT2D eigenvalue weighted by Gasteiger charge is 2.50. The molecule has 0 saturated carbocycles. The van der Waals surface area contributed by atoms with E-state index in [9.17, 15) is 9.90 Å². The van der Waals surface area contributed by atoms with E-state index in [0.717, 1.165) is 24.0 Å². The zero-order chi connectivity index (χ0) is 18.9. The van der Waals surface area contributed by atoms with Gasteiger partial charge in [0.1, 0.15) is 6.61 Å². The van der Waals surface area contributed by atoms with E-state index in [-0.39, 0.29) is 24.8 Å². The summed E-state index contributed by atoms with van der Waals surface area (Å²) in [6.45, 7) is 0.259. The number of benzene rings is 2. The highest BCUT2D eigenvalue weighted by Crippen LogP contribution is 2.46. The number of carbonyl (C=O) groups excluding carboxylic acids is 1. The van der Waals surface area contributed by atoms with E-state index >= 15 is 0 Å². The van der Waals surface area contributed by atoms with E-state index in [1.165, 1.54) is 0 Å². The molecule has 0 spiro atoms. The Morgan fingerprint density at radius 3 is 2.33 bits per heavy atom. The van der Waals surface area contributed by atoms with Crippen LogP contribution in [0.3, 0.4) is 0 Å². The second-order valence-corrected chi connectivity index (χ2v) is 7.46. The van der Waals surface area contributed by atoms with Crippen LogP contribution in [0, 0.1) is 11.3 Å². The lowest BCUT2D eigenvalue weighted by molar-refractivity contribution is -0.0536. The molecule has 138 valence electrons. The molecule has 0 aliphatic carbocycles. The summed E-state index contributed by atoms with van der Waals surface area (Å²) < 4.78 is 5.52. The van der Waals surface area contributed by atoms with Crippen molar-refractivity contribution in [3.8, 4) is 6.07 Å². The van der Waals surface area contributed by atoms with Crippen molar-refractivity contribution in [1.29, 1.82) is 5.26 Å². The van der Waals surface area contributed by atoms with Crippen LogP contribution in [0.15, 0.2) is 54.6 Å². The lowest BCUT2D eigenvalue weighted by atomic mass is 9.80. The SMILES string of the molecule is N#Cc1ccc(C2(O)CC3CCC(C2)N3C(=O)OCc2ccccc2)cc1. The molecule has 2 bridgehead atoms. The van der Waals surface area contributed by atoms with E-state index in [2.05, 4.69) is 6.07 Å². The third-order valence-electron chi connectivity index (χ3n) is 5.73. The molecule has 2 aliphatic rings. The Kier molecular flexibility index (Phi) is 4.59. The Bertz CT molecular complexity index is 843. The lowest BCUT2D eigenvalue weighted by Crippen LogP contribution is -2.52. The van der Waals surface area contributed by atoms with Crippen molar-refractivity contribution in [2.75, 3.05) is 0 Å². The van der Waals surface area contributed by atoms with Gasteiger partial charge in [-0.15, -0.1) is 0 Å². The topological polar surface area (TPSA) is 73.6 Å². The van der Waals surface area contributed by atoms with Gasteiger partial charge in [0.2, 0.25) is 0 Å². The molecular formula is C22H22N2O3. The first kappa shape index (κ1) is 17.6. The summed E-state index contributed by atoms with van der Waals surface area (Å²) in [5, 5.41) is 20.2. The summed E-state index contributed by atoms with van der Waals surface area (Å²) >= 11 is 0. The molecule has 2 unspecified atom stereocenters. The Balaban J connectivity index is 1.45. The van der Waals surface area contributed by atoms with Crippen LogP contribution >= 0.6 is 0 Å². The molecule has 5 heteroatoms. The number of nitrogens with zero attached hydrogens (tertiary/aromatic N) is 2. The van der Waals surface area contributed by atoms with E-state index in [4.69, 9.17) is 10.00 Å². The largest absolute Gasteiger partial charge is 0.445 e. The Morgan fingerprint density at radius 1 is 1.11 bits per heavy atom. The molecule has 2 fully saturated rings. The summed E-state index contributed by atoms with van der Waals surface area (Å²) in [6, 6.07) is 18.8. The van der Waals surface area contributed by atoms with E-state index in [1.54, 1.807) is 12.1 Å². The zero-order valence-corrected chi connectivity index (χ0v) is 15.0. The molecule has 2 aromatic rings. The van der Waals surface area contributed by atoms with Crippen LogP contribution in [0.4, 0.5) is 4.79 Å². The number of rotatable bonds is 3. The standard InChI is InChI=1S/C22H22N2O3/c23-14-16-6-8-18(9-7-16)22(26)12-19-10-11-20(13-22)24(19)21(25)27-15-17-4-2-1-3-5-17/h1-9,19-20,26H,10-13,15H2. The van der Waals surface area contributed by atoms with Gasteiger partial charge in [-0.3, -0.25) is 0 Å². The van der Waals surface area contributed by atoms with Crippen molar-refractivity contribution in [1.82, 2.24) is 4.90 Å². The van der Waals surface area contributed by atoms with Gasteiger partial charge in [0.25, 0.3) is 0 Å². The predicted molar refractivity (Wildman–Crippen MR) is 99.6 cm³/mol. The highest BCUT2D eigenvalue weighted by molar-refractivity contribution is 5.69. The third kappa shape index (κ3) is 3.41. The fourth-order valence-corrected chi connectivity index (χ4v) is 4.41. The number of fused-ring (bicyclic) bond motifs is 2. The maximum atomic E-state index is 12.6. The van der Waals surface area contributed by atoms with Gasteiger partial charge < -0.3 is 14.7 Å². The van der Waals surface area contributed by atoms with Crippen molar-refractivity contribution in [3.05, 3.63) is 71.3 Å². The number of aliphatic hydroxyl groups is 1. The van der Waals surface area contributed by atoms with Crippen molar-refractivity contribution in [2.24, 2.45) is 0 Å².